The molecular formula is C12H16F2N2O4S. The zero-order valence-corrected chi connectivity index (χ0v) is 12.3. The molecule has 0 saturated heterocycles. The lowest BCUT2D eigenvalue weighted by atomic mass is 10.1. The highest BCUT2D eigenvalue weighted by molar-refractivity contribution is 7.89. The summed E-state index contributed by atoms with van der Waals surface area (Å²) < 4.78 is 56.2. The number of alkyl halides is 2. The second-order valence-electron chi connectivity index (χ2n) is 4.36. The minimum Gasteiger partial charge on any atom is -0.465 e. The molecule has 6 nitrogen and oxygen atoms in total. The van der Waals surface area contributed by atoms with Crippen molar-refractivity contribution in [3.8, 4) is 0 Å². The van der Waals surface area contributed by atoms with Crippen LogP contribution in [0.25, 0.3) is 0 Å². The van der Waals surface area contributed by atoms with Crippen molar-refractivity contribution in [3.05, 3.63) is 29.3 Å². The van der Waals surface area contributed by atoms with Gasteiger partial charge in [-0.3, -0.25) is 0 Å². The zero-order valence-electron chi connectivity index (χ0n) is 11.5. The summed E-state index contributed by atoms with van der Waals surface area (Å²) in [4.78, 5) is 11.1. The maximum absolute atomic E-state index is 13.0. The number of halogens is 2. The van der Waals surface area contributed by atoms with Gasteiger partial charge in [0.15, 0.2) is 0 Å². The number of nitrogens with two attached hydrogens (primary N) is 1. The van der Waals surface area contributed by atoms with Crippen molar-refractivity contribution in [2.75, 3.05) is 20.2 Å². The van der Waals surface area contributed by atoms with Crippen LogP contribution in [0.5, 0.6) is 0 Å². The number of carbonyl (C=O) groups is 1. The fraction of sp³-hybridized carbons (Fsp3) is 0.417. The lowest BCUT2D eigenvalue weighted by Gasteiger charge is -2.15. The number of aryl methyl sites for hydroxylation is 1. The Morgan fingerprint density at radius 2 is 2.05 bits per heavy atom. The maximum atomic E-state index is 13.0. The van der Waals surface area contributed by atoms with Crippen LogP contribution < -0.4 is 10.5 Å². The molecule has 0 spiro atoms. The van der Waals surface area contributed by atoms with Gasteiger partial charge in [0.25, 0.3) is 5.92 Å². The van der Waals surface area contributed by atoms with Crippen LogP contribution >= 0.6 is 0 Å². The first kappa shape index (κ1) is 17.5. The second-order valence-corrected chi connectivity index (χ2v) is 6.09. The first-order valence-electron chi connectivity index (χ1n) is 5.89. The summed E-state index contributed by atoms with van der Waals surface area (Å²) in [7, 11) is -2.93. The highest BCUT2D eigenvalue weighted by Crippen LogP contribution is 2.18. The minimum atomic E-state index is -4.12. The Balaban J connectivity index is 3.02. The van der Waals surface area contributed by atoms with Crippen molar-refractivity contribution in [2.45, 2.75) is 17.7 Å². The van der Waals surface area contributed by atoms with Gasteiger partial charge in [-0.2, -0.15) is 0 Å². The SMILES string of the molecule is COC(=O)c1ccc(S(=O)(=O)NCC(F)(F)CN)c(C)c1. The molecule has 3 N–H and O–H groups in total. The average Bonchev–Trinajstić information content (AvgIpc) is 2.44. The number of sulfonamides is 1. The predicted octanol–water partition coefficient (Wildman–Crippen LogP) is 0.654. The number of benzene rings is 1. The third-order valence-electron chi connectivity index (χ3n) is 2.71. The van der Waals surface area contributed by atoms with Crippen molar-refractivity contribution in [1.82, 2.24) is 4.72 Å². The van der Waals surface area contributed by atoms with Gasteiger partial charge in [0.1, 0.15) is 0 Å². The van der Waals surface area contributed by atoms with Gasteiger partial charge < -0.3 is 10.5 Å². The number of hydrogen-bond acceptors (Lipinski definition) is 5. The molecule has 0 aliphatic heterocycles. The van der Waals surface area contributed by atoms with Crippen molar-refractivity contribution in [3.63, 3.8) is 0 Å². The second kappa shape index (κ2) is 6.46. The smallest absolute Gasteiger partial charge is 0.337 e. The molecule has 1 rings (SSSR count). The molecule has 0 unspecified atom stereocenters. The third kappa shape index (κ3) is 4.45. The van der Waals surface area contributed by atoms with E-state index in [0.29, 0.717) is 0 Å². The van der Waals surface area contributed by atoms with Crippen LogP contribution in [0.4, 0.5) is 8.78 Å². The van der Waals surface area contributed by atoms with Gasteiger partial charge in [-0.05, 0) is 30.7 Å². The lowest BCUT2D eigenvalue weighted by molar-refractivity contribution is 0.0170. The van der Waals surface area contributed by atoms with Gasteiger partial charge in [0, 0.05) is 0 Å². The van der Waals surface area contributed by atoms with E-state index in [1.165, 1.54) is 26.2 Å². The molecule has 0 bridgehead atoms. The maximum Gasteiger partial charge on any atom is 0.337 e. The Labute approximate surface area is 121 Å². The third-order valence-corrected chi connectivity index (χ3v) is 4.27. The molecular weight excluding hydrogens is 306 g/mol. The topological polar surface area (TPSA) is 98.5 Å². The molecule has 0 aliphatic carbocycles. The van der Waals surface area contributed by atoms with E-state index in [2.05, 4.69) is 4.74 Å². The molecule has 1 aromatic rings. The fourth-order valence-corrected chi connectivity index (χ4v) is 2.83. The summed E-state index contributed by atoms with van der Waals surface area (Å²) in [5, 5.41) is 0. The molecule has 21 heavy (non-hydrogen) atoms. The molecule has 0 saturated carbocycles. The van der Waals surface area contributed by atoms with Gasteiger partial charge in [-0.1, -0.05) is 0 Å². The number of rotatable bonds is 6. The van der Waals surface area contributed by atoms with Crippen molar-refractivity contribution < 1.29 is 26.7 Å². The van der Waals surface area contributed by atoms with E-state index in [-0.39, 0.29) is 16.0 Å². The number of hydrogen-bond donors (Lipinski definition) is 2. The van der Waals surface area contributed by atoms with Crippen LogP contribution in [-0.2, 0) is 14.8 Å². The van der Waals surface area contributed by atoms with Crippen LogP contribution in [0.1, 0.15) is 15.9 Å². The first-order valence-corrected chi connectivity index (χ1v) is 7.38. The van der Waals surface area contributed by atoms with E-state index in [0.717, 1.165) is 6.07 Å². The molecule has 0 aromatic heterocycles. The van der Waals surface area contributed by atoms with Crippen LogP contribution in [0.15, 0.2) is 23.1 Å². The predicted molar refractivity (Wildman–Crippen MR) is 71.7 cm³/mol. The van der Waals surface area contributed by atoms with E-state index >= 15 is 0 Å². The highest BCUT2D eigenvalue weighted by Gasteiger charge is 2.30. The summed E-state index contributed by atoms with van der Waals surface area (Å²) in [6.45, 7) is -0.609. The van der Waals surface area contributed by atoms with E-state index < -0.39 is 35.0 Å². The molecule has 0 heterocycles. The van der Waals surface area contributed by atoms with E-state index in [4.69, 9.17) is 5.73 Å². The van der Waals surface area contributed by atoms with Crippen LogP contribution in [0, 0.1) is 6.92 Å². The van der Waals surface area contributed by atoms with Crippen molar-refractivity contribution in [1.29, 1.82) is 0 Å². The Bertz CT molecular complexity index is 632. The van der Waals surface area contributed by atoms with Gasteiger partial charge in [0.05, 0.1) is 30.7 Å². The molecule has 0 fully saturated rings. The van der Waals surface area contributed by atoms with Gasteiger partial charge in [0.2, 0.25) is 10.0 Å². The first-order chi connectivity index (χ1) is 9.63. The summed E-state index contributed by atoms with van der Waals surface area (Å²) in [5.74, 6) is -3.95. The monoisotopic (exact) mass is 322 g/mol. The molecule has 0 aliphatic rings. The Kier molecular flexibility index (Phi) is 5.37. The summed E-state index contributed by atoms with van der Waals surface area (Å²) in [5.41, 5.74) is 5.24. The van der Waals surface area contributed by atoms with Crippen molar-refractivity contribution >= 4 is 16.0 Å². The van der Waals surface area contributed by atoms with Gasteiger partial charge >= 0.3 is 5.97 Å². The molecule has 0 amide bonds. The van der Waals surface area contributed by atoms with E-state index in [9.17, 15) is 22.0 Å². The zero-order chi connectivity index (χ0) is 16.3. The Hall–Kier alpha value is -1.58. The van der Waals surface area contributed by atoms with E-state index in [1.54, 1.807) is 4.72 Å². The average molecular weight is 322 g/mol. The highest BCUT2D eigenvalue weighted by atomic mass is 32.2. The molecule has 9 heteroatoms. The number of esters is 1. The molecule has 1 aromatic carbocycles. The van der Waals surface area contributed by atoms with E-state index in [1.807, 2.05) is 0 Å². The minimum absolute atomic E-state index is 0.168. The van der Waals surface area contributed by atoms with Gasteiger partial charge in [-0.25, -0.2) is 26.7 Å². The standard InChI is InChI=1S/C12H16F2N2O4S/c1-8-5-9(11(17)20-2)3-4-10(8)21(18,19)16-7-12(13,14)6-15/h3-5,16H,6-7,15H2,1-2H3. The Morgan fingerprint density at radius 1 is 1.43 bits per heavy atom. The normalized spacial score (nSPS) is 12.2. The molecule has 118 valence electrons. The summed E-state index contributed by atoms with van der Waals surface area (Å²) >= 11 is 0. The number of ether oxygens (including phenoxy) is 1. The lowest BCUT2D eigenvalue weighted by Crippen LogP contribution is -2.41. The van der Waals surface area contributed by atoms with Crippen LogP contribution in [-0.4, -0.2) is 40.5 Å². The largest absolute Gasteiger partial charge is 0.465 e. The number of carbonyl (C=O) groups excluding carboxylic acids is 1. The van der Waals surface area contributed by atoms with Crippen molar-refractivity contribution in [2.24, 2.45) is 5.73 Å². The summed E-state index contributed by atoms with van der Waals surface area (Å²) in [6.07, 6.45) is 0. The Morgan fingerprint density at radius 3 is 2.52 bits per heavy atom. The number of methoxy groups -OCH3 is 1. The molecule has 0 atom stereocenters. The molecule has 0 radical (unpaired) electrons. The van der Waals surface area contributed by atoms with Crippen LogP contribution in [0.2, 0.25) is 0 Å². The van der Waals surface area contributed by atoms with Crippen LogP contribution in [0.3, 0.4) is 0 Å². The van der Waals surface area contributed by atoms with Gasteiger partial charge in [-0.15, -0.1) is 0 Å². The quantitative estimate of drug-likeness (QED) is 0.750. The summed E-state index contributed by atoms with van der Waals surface area (Å²) in [6, 6.07) is 3.71. The number of nitrogens with one attached hydrogen (secondary N) is 1. The fourth-order valence-electron chi connectivity index (χ4n) is 1.55.